The summed E-state index contributed by atoms with van der Waals surface area (Å²) in [6.45, 7) is 12.9. The highest BCUT2D eigenvalue weighted by atomic mass is 79.9. The zero-order valence-corrected chi connectivity index (χ0v) is 14.9. The van der Waals surface area contributed by atoms with Gasteiger partial charge in [-0.3, -0.25) is 9.58 Å². The molecule has 0 aliphatic carbocycles. The summed E-state index contributed by atoms with van der Waals surface area (Å²) in [5, 5.41) is 8.10. The van der Waals surface area contributed by atoms with Crippen LogP contribution in [-0.2, 0) is 17.8 Å². The summed E-state index contributed by atoms with van der Waals surface area (Å²) in [6.07, 6.45) is 1.17. The first-order valence-corrected chi connectivity index (χ1v) is 8.70. The molecule has 0 saturated carbocycles. The minimum atomic E-state index is 0.442. The van der Waals surface area contributed by atoms with Crippen LogP contribution in [0, 0.1) is 6.92 Å². The van der Waals surface area contributed by atoms with Crippen molar-refractivity contribution >= 4 is 15.9 Å². The summed E-state index contributed by atoms with van der Waals surface area (Å²) >= 11 is 3.70. The average Bonchev–Trinajstić information content (AvgIpc) is 2.77. The summed E-state index contributed by atoms with van der Waals surface area (Å²) in [5.41, 5.74) is 2.35. The van der Waals surface area contributed by atoms with E-state index in [1.807, 2.05) is 0 Å². The van der Waals surface area contributed by atoms with Crippen molar-refractivity contribution < 1.29 is 4.74 Å². The standard InChI is InChI=1S/C15H27BrN4O/c1-4-6-17-9-13-11-21-8-7-19(13)10-14-15(16)12(3)18-20(14)5-2/h13,17H,4-11H2,1-3H3. The van der Waals surface area contributed by atoms with Gasteiger partial charge in [0.1, 0.15) is 0 Å². The van der Waals surface area contributed by atoms with Gasteiger partial charge >= 0.3 is 0 Å². The third-order valence-corrected chi connectivity index (χ3v) is 4.99. The van der Waals surface area contributed by atoms with Gasteiger partial charge in [0, 0.05) is 32.2 Å². The number of hydrogen-bond donors (Lipinski definition) is 1. The van der Waals surface area contributed by atoms with E-state index in [0.29, 0.717) is 6.04 Å². The fourth-order valence-electron chi connectivity index (χ4n) is 2.74. The number of nitrogens with one attached hydrogen (secondary N) is 1. The van der Waals surface area contributed by atoms with Crippen molar-refractivity contribution in [2.24, 2.45) is 0 Å². The second kappa shape index (κ2) is 8.27. The van der Waals surface area contributed by atoms with E-state index in [-0.39, 0.29) is 0 Å². The Balaban J connectivity index is 2.04. The molecule has 120 valence electrons. The van der Waals surface area contributed by atoms with Crippen molar-refractivity contribution in [3.8, 4) is 0 Å². The zero-order chi connectivity index (χ0) is 15.2. The van der Waals surface area contributed by atoms with Crippen LogP contribution in [0.1, 0.15) is 31.7 Å². The average molecular weight is 359 g/mol. The molecule has 1 saturated heterocycles. The van der Waals surface area contributed by atoms with E-state index in [2.05, 4.69) is 56.7 Å². The number of halogens is 1. The molecule has 1 aliphatic heterocycles. The van der Waals surface area contributed by atoms with Gasteiger partial charge in [0.25, 0.3) is 0 Å². The molecule has 21 heavy (non-hydrogen) atoms. The first-order chi connectivity index (χ1) is 10.2. The van der Waals surface area contributed by atoms with Gasteiger partial charge in [-0.05, 0) is 42.7 Å². The van der Waals surface area contributed by atoms with Crippen LogP contribution < -0.4 is 5.32 Å². The molecule has 1 aromatic rings. The molecule has 0 bridgehead atoms. The maximum absolute atomic E-state index is 5.66. The Kier molecular flexibility index (Phi) is 6.67. The lowest BCUT2D eigenvalue weighted by Gasteiger charge is -2.35. The Bertz CT molecular complexity index is 449. The van der Waals surface area contributed by atoms with E-state index in [0.717, 1.165) is 56.1 Å². The number of nitrogens with zero attached hydrogens (tertiary/aromatic N) is 3. The molecule has 6 heteroatoms. The van der Waals surface area contributed by atoms with Gasteiger partial charge in [-0.1, -0.05) is 6.92 Å². The second-order valence-corrected chi connectivity index (χ2v) is 6.36. The van der Waals surface area contributed by atoms with Gasteiger partial charge in [-0.25, -0.2) is 0 Å². The largest absolute Gasteiger partial charge is 0.378 e. The van der Waals surface area contributed by atoms with Crippen LogP contribution in [0.3, 0.4) is 0 Å². The Labute approximate surface area is 136 Å². The number of hydrogen-bond acceptors (Lipinski definition) is 4. The van der Waals surface area contributed by atoms with Gasteiger partial charge in [0.05, 0.1) is 29.1 Å². The normalized spacial score (nSPS) is 20.1. The fraction of sp³-hybridized carbons (Fsp3) is 0.800. The number of aryl methyl sites for hydroxylation is 2. The van der Waals surface area contributed by atoms with Crippen molar-refractivity contribution in [1.82, 2.24) is 20.0 Å². The van der Waals surface area contributed by atoms with Crippen LogP contribution >= 0.6 is 15.9 Å². The maximum atomic E-state index is 5.66. The van der Waals surface area contributed by atoms with Crippen LogP contribution in [0.4, 0.5) is 0 Å². The van der Waals surface area contributed by atoms with Crippen molar-refractivity contribution in [3.63, 3.8) is 0 Å². The molecule has 1 N–H and O–H groups in total. The molecule has 0 aromatic carbocycles. The Morgan fingerprint density at radius 1 is 1.43 bits per heavy atom. The first kappa shape index (κ1) is 16.9. The Morgan fingerprint density at radius 2 is 2.24 bits per heavy atom. The topological polar surface area (TPSA) is 42.3 Å². The highest BCUT2D eigenvalue weighted by Gasteiger charge is 2.25. The van der Waals surface area contributed by atoms with E-state index < -0.39 is 0 Å². The molecule has 0 spiro atoms. The number of aromatic nitrogens is 2. The summed E-state index contributed by atoms with van der Waals surface area (Å²) in [7, 11) is 0. The fourth-order valence-corrected chi connectivity index (χ4v) is 3.15. The maximum Gasteiger partial charge on any atom is 0.0739 e. The summed E-state index contributed by atoms with van der Waals surface area (Å²) in [4.78, 5) is 2.51. The molecular formula is C15H27BrN4O. The summed E-state index contributed by atoms with van der Waals surface area (Å²) in [5.74, 6) is 0. The molecule has 1 atom stereocenters. The number of rotatable bonds is 7. The molecule has 2 rings (SSSR count). The highest BCUT2D eigenvalue weighted by Crippen LogP contribution is 2.23. The SMILES string of the molecule is CCCNCC1COCCN1Cc1c(Br)c(C)nn1CC. The third-order valence-electron chi connectivity index (χ3n) is 3.96. The van der Waals surface area contributed by atoms with Gasteiger partial charge in [-0.2, -0.15) is 5.10 Å². The zero-order valence-electron chi connectivity index (χ0n) is 13.4. The van der Waals surface area contributed by atoms with Crippen LogP contribution in [0.15, 0.2) is 4.47 Å². The Morgan fingerprint density at radius 3 is 2.95 bits per heavy atom. The van der Waals surface area contributed by atoms with Crippen LogP contribution in [0.25, 0.3) is 0 Å². The predicted molar refractivity (Wildman–Crippen MR) is 88.5 cm³/mol. The minimum Gasteiger partial charge on any atom is -0.378 e. The van der Waals surface area contributed by atoms with Crippen molar-refractivity contribution in [1.29, 1.82) is 0 Å². The lowest BCUT2D eigenvalue weighted by Crippen LogP contribution is -2.50. The van der Waals surface area contributed by atoms with Gasteiger partial charge < -0.3 is 10.1 Å². The molecule has 1 aromatic heterocycles. The minimum absolute atomic E-state index is 0.442. The van der Waals surface area contributed by atoms with Crippen LogP contribution in [0.2, 0.25) is 0 Å². The quantitative estimate of drug-likeness (QED) is 0.758. The predicted octanol–water partition coefficient (Wildman–Crippen LogP) is 2.17. The van der Waals surface area contributed by atoms with E-state index in [9.17, 15) is 0 Å². The summed E-state index contributed by atoms with van der Waals surface area (Å²) < 4.78 is 8.91. The number of ether oxygens (including phenoxy) is 1. The second-order valence-electron chi connectivity index (χ2n) is 5.57. The lowest BCUT2D eigenvalue weighted by molar-refractivity contribution is -0.0120. The van der Waals surface area contributed by atoms with E-state index in [1.165, 1.54) is 12.1 Å². The molecule has 1 aliphatic rings. The third kappa shape index (κ3) is 4.28. The van der Waals surface area contributed by atoms with Gasteiger partial charge in [0.2, 0.25) is 0 Å². The molecule has 0 amide bonds. The van der Waals surface area contributed by atoms with E-state index in [1.54, 1.807) is 0 Å². The molecule has 1 unspecified atom stereocenters. The van der Waals surface area contributed by atoms with Crippen LogP contribution in [-0.4, -0.2) is 53.6 Å². The van der Waals surface area contributed by atoms with Crippen molar-refractivity contribution in [2.75, 3.05) is 32.8 Å². The number of morpholine rings is 1. The molecule has 5 nitrogen and oxygen atoms in total. The molecule has 0 radical (unpaired) electrons. The smallest absolute Gasteiger partial charge is 0.0739 e. The molecular weight excluding hydrogens is 332 g/mol. The van der Waals surface area contributed by atoms with Gasteiger partial charge in [0.15, 0.2) is 0 Å². The first-order valence-electron chi connectivity index (χ1n) is 7.91. The summed E-state index contributed by atoms with van der Waals surface area (Å²) in [6, 6.07) is 0.442. The van der Waals surface area contributed by atoms with Crippen LogP contribution in [0.5, 0.6) is 0 Å². The lowest BCUT2D eigenvalue weighted by atomic mass is 10.2. The Hall–Kier alpha value is -0.430. The van der Waals surface area contributed by atoms with E-state index >= 15 is 0 Å². The van der Waals surface area contributed by atoms with Gasteiger partial charge in [-0.15, -0.1) is 0 Å². The van der Waals surface area contributed by atoms with E-state index in [4.69, 9.17) is 4.74 Å². The highest BCUT2D eigenvalue weighted by molar-refractivity contribution is 9.10. The molecule has 2 heterocycles. The monoisotopic (exact) mass is 358 g/mol. The van der Waals surface area contributed by atoms with Crippen molar-refractivity contribution in [3.05, 3.63) is 15.9 Å². The van der Waals surface area contributed by atoms with Crippen molar-refractivity contribution in [2.45, 2.75) is 46.3 Å². The molecule has 1 fully saturated rings.